The molecule has 2 nitrogen and oxygen atoms in total. The van der Waals surface area contributed by atoms with Gasteiger partial charge in [-0.15, -0.1) is 0 Å². The Morgan fingerprint density at radius 1 is 0.818 bits per heavy atom. The van der Waals surface area contributed by atoms with E-state index in [2.05, 4.69) is 10.6 Å². The largest absolute Gasteiger partial charge is 0.314 e. The summed E-state index contributed by atoms with van der Waals surface area (Å²) in [6, 6.07) is 1.77. The Morgan fingerprint density at radius 3 is 1.64 bits per heavy atom. The summed E-state index contributed by atoms with van der Waals surface area (Å²) >= 11 is 0. The van der Waals surface area contributed by atoms with Gasteiger partial charge < -0.3 is 10.6 Å². The maximum atomic E-state index is 3.51. The second-order valence-electron chi connectivity index (χ2n) is 3.81. The van der Waals surface area contributed by atoms with Gasteiger partial charge in [0.1, 0.15) is 0 Å². The third-order valence-electron chi connectivity index (χ3n) is 2.37. The third-order valence-corrected chi connectivity index (χ3v) is 2.37. The summed E-state index contributed by atoms with van der Waals surface area (Å²) in [4.78, 5) is 0. The molecule has 0 heterocycles. The second kappa shape index (κ2) is 3.55. The molecule has 0 spiro atoms. The predicted octanol–water partition coefficient (Wildman–Crippen LogP) is 0.880. The molecule has 64 valence electrons. The molecule has 2 fully saturated rings. The molecule has 2 aliphatic carbocycles. The quantitative estimate of drug-likeness (QED) is 0.555. The normalized spacial score (nSPS) is 24.0. The molecule has 0 aromatic carbocycles. The molecular weight excluding hydrogens is 136 g/mol. The fourth-order valence-corrected chi connectivity index (χ4v) is 1.28. The highest BCUT2D eigenvalue weighted by atomic mass is 15.0. The molecule has 0 atom stereocenters. The first kappa shape index (κ1) is 7.56. The lowest BCUT2D eigenvalue weighted by Gasteiger charge is -2.03. The smallest absolute Gasteiger partial charge is 0.00682 e. The first-order chi connectivity index (χ1) is 5.45. The van der Waals surface area contributed by atoms with E-state index in [1.165, 1.54) is 45.2 Å². The van der Waals surface area contributed by atoms with Crippen LogP contribution in [0.3, 0.4) is 0 Å². The summed E-state index contributed by atoms with van der Waals surface area (Å²) in [6.07, 6.45) is 6.95. The summed E-state index contributed by atoms with van der Waals surface area (Å²) in [5, 5.41) is 7.02. The van der Waals surface area contributed by atoms with Crippen LogP contribution in [0.2, 0.25) is 0 Å². The second-order valence-corrected chi connectivity index (χ2v) is 3.81. The van der Waals surface area contributed by atoms with Gasteiger partial charge in [0.05, 0.1) is 0 Å². The molecule has 0 bridgehead atoms. The minimum Gasteiger partial charge on any atom is -0.314 e. The van der Waals surface area contributed by atoms with E-state index in [9.17, 15) is 0 Å². The van der Waals surface area contributed by atoms with Gasteiger partial charge in [0.15, 0.2) is 0 Å². The van der Waals surface area contributed by atoms with Crippen LogP contribution in [0, 0.1) is 0 Å². The zero-order valence-electron chi connectivity index (χ0n) is 7.10. The molecule has 0 aromatic rings. The highest BCUT2D eigenvalue weighted by Gasteiger charge is 2.21. The molecule has 2 N–H and O–H groups in total. The van der Waals surface area contributed by atoms with Gasteiger partial charge >= 0.3 is 0 Å². The molecule has 0 amide bonds. The van der Waals surface area contributed by atoms with Crippen molar-refractivity contribution in [3.8, 4) is 0 Å². The average Bonchev–Trinajstić information content (AvgIpc) is 2.83. The zero-order chi connectivity index (χ0) is 7.52. The van der Waals surface area contributed by atoms with E-state index in [1.807, 2.05) is 0 Å². The van der Waals surface area contributed by atoms with Gasteiger partial charge in [0.25, 0.3) is 0 Å². The van der Waals surface area contributed by atoms with Crippen molar-refractivity contribution in [2.24, 2.45) is 0 Å². The summed E-state index contributed by atoms with van der Waals surface area (Å²) in [6.45, 7) is 2.43. The van der Waals surface area contributed by atoms with Crippen molar-refractivity contribution in [2.45, 2.75) is 44.2 Å². The van der Waals surface area contributed by atoms with Crippen LogP contribution in [0.4, 0.5) is 0 Å². The van der Waals surface area contributed by atoms with Crippen LogP contribution < -0.4 is 10.6 Å². The Balaban J connectivity index is 1.35. The maximum absolute atomic E-state index is 3.51. The minimum atomic E-state index is 0.885. The summed E-state index contributed by atoms with van der Waals surface area (Å²) < 4.78 is 0. The molecule has 0 saturated heterocycles. The molecule has 0 aliphatic heterocycles. The summed E-state index contributed by atoms with van der Waals surface area (Å²) in [5.41, 5.74) is 0. The van der Waals surface area contributed by atoms with E-state index in [0.29, 0.717) is 0 Å². The van der Waals surface area contributed by atoms with Gasteiger partial charge in [0, 0.05) is 12.1 Å². The molecular formula is C9H18N2. The van der Waals surface area contributed by atoms with Gasteiger partial charge in [-0.05, 0) is 45.2 Å². The van der Waals surface area contributed by atoms with Gasteiger partial charge in [-0.2, -0.15) is 0 Å². The predicted molar refractivity (Wildman–Crippen MR) is 46.7 cm³/mol. The van der Waals surface area contributed by atoms with Gasteiger partial charge in [-0.3, -0.25) is 0 Å². The van der Waals surface area contributed by atoms with E-state index in [-0.39, 0.29) is 0 Å². The molecule has 2 saturated carbocycles. The van der Waals surface area contributed by atoms with Gasteiger partial charge in [-0.1, -0.05) is 0 Å². The van der Waals surface area contributed by atoms with Gasteiger partial charge in [0.2, 0.25) is 0 Å². The lowest BCUT2D eigenvalue weighted by molar-refractivity contribution is 0.591. The molecule has 0 unspecified atom stereocenters. The average molecular weight is 154 g/mol. The molecule has 0 aromatic heterocycles. The number of hydrogen-bond donors (Lipinski definition) is 2. The van der Waals surface area contributed by atoms with Crippen LogP contribution in [0.15, 0.2) is 0 Å². The van der Waals surface area contributed by atoms with E-state index in [0.717, 1.165) is 12.1 Å². The molecule has 2 heteroatoms. The highest BCUT2D eigenvalue weighted by molar-refractivity contribution is 4.82. The Labute approximate surface area is 68.7 Å². The lowest BCUT2D eigenvalue weighted by atomic mass is 10.4. The Hall–Kier alpha value is -0.0800. The maximum Gasteiger partial charge on any atom is 0.00682 e. The van der Waals surface area contributed by atoms with Crippen molar-refractivity contribution in [1.82, 2.24) is 10.6 Å². The first-order valence-corrected chi connectivity index (χ1v) is 4.92. The molecule has 0 radical (unpaired) electrons. The van der Waals surface area contributed by atoms with Crippen molar-refractivity contribution in [2.75, 3.05) is 13.1 Å². The third kappa shape index (κ3) is 3.21. The molecule has 11 heavy (non-hydrogen) atoms. The van der Waals surface area contributed by atoms with E-state index < -0.39 is 0 Å². The van der Waals surface area contributed by atoms with Crippen LogP contribution in [0.25, 0.3) is 0 Å². The van der Waals surface area contributed by atoms with Gasteiger partial charge in [-0.25, -0.2) is 0 Å². The SMILES string of the molecule is C(CNC1CC1)CNC1CC1. The number of rotatable bonds is 6. The van der Waals surface area contributed by atoms with Crippen molar-refractivity contribution in [3.05, 3.63) is 0 Å². The number of nitrogens with one attached hydrogen (secondary N) is 2. The lowest BCUT2D eigenvalue weighted by Crippen LogP contribution is -2.24. The molecule has 2 rings (SSSR count). The fraction of sp³-hybridized carbons (Fsp3) is 1.00. The standard InChI is InChI=1S/C9H18N2/c1(6-10-8-2-3-8)7-11-9-4-5-9/h8-11H,1-7H2. The summed E-state index contributed by atoms with van der Waals surface area (Å²) in [7, 11) is 0. The van der Waals surface area contributed by atoms with Crippen LogP contribution in [0.1, 0.15) is 32.1 Å². The molecule has 2 aliphatic rings. The Morgan fingerprint density at radius 2 is 1.27 bits per heavy atom. The van der Waals surface area contributed by atoms with Crippen LogP contribution in [-0.2, 0) is 0 Å². The van der Waals surface area contributed by atoms with Crippen LogP contribution >= 0.6 is 0 Å². The van der Waals surface area contributed by atoms with E-state index in [1.54, 1.807) is 0 Å². The minimum absolute atomic E-state index is 0.885. The Kier molecular flexibility index (Phi) is 2.44. The highest BCUT2D eigenvalue weighted by Crippen LogP contribution is 2.19. The van der Waals surface area contributed by atoms with E-state index >= 15 is 0 Å². The Bertz CT molecular complexity index is 103. The summed E-state index contributed by atoms with van der Waals surface area (Å²) in [5.74, 6) is 0. The van der Waals surface area contributed by atoms with Crippen LogP contribution in [-0.4, -0.2) is 25.2 Å². The monoisotopic (exact) mass is 154 g/mol. The zero-order valence-corrected chi connectivity index (χ0v) is 7.10. The topological polar surface area (TPSA) is 24.1 Å². The van der Waals surface area contributed by atoms with Crippen LogP contribution in [0.5, 0.6) is 0 Å². The fourth-order valence-electron chi connectivity index (χ4n) is 1.28. The van der Waals surface area contributed by atoms with Crippen molar-refractivity contribution >= 4 is 0 Å². The number of hydrogen-bond acceptors (Lipinski definition) is 2. The first-order valence-electron chi connectivity index (χ1n) is 4.92. The van der Waals surface area contributed by atoms with E-state index in [4.69, 9.17) is 0 Å². The van der Waals surface area contributed by atoms with Crippen molar-refractivity contribution in [1.29, 1.82) is 0 Å². The van der Waals surface area contributed by atoms with Crippen molar-refractivity contribution < 1.29 is 0 Å². The van der Waals surface area contributed by atoms with Crippen molar-refractivity contribution in [3.63, 3.8) is 0 Å².